The van der Waals surface area contributed by atoms with Crippen LogP contribution in [0.15, 0.2) is 84.6 Å². The molecular formula is C55H59O30+. The smallest absolute Gasteiger partial charge is 0.330 e. The van der Waals surface area contributed by atoms with Gasteiger partial charge in [0.15, 0.2) is 46.9 Å². The van der Waals surface area contributed by atoms with E-state index in [4.69, 9.17) is 52.5 Å². The summed E-state index contributed by atoms with van der Waals surface area (Å²) in [5.41, 5.74) is 0.489. The lowest BCUT2D eigenvalue weighted by atomic mass is 9.97. The van der Waals surface area contributed by atoms with Gasteiger partial charge in [-0.15, -0.1) is 0 Å². The quantitative estimate of drug-likeness (QED) is 0.0121. The highest BCUT2D eigenvalue weighted by Crippen LogP contribution is 2.49. The van der Waals surface area contributed by atoms with E-state index in [9.17, 15) is 90.7 Å². The number of carbonyl (C=O) groups excluding carboxylic acids is 3. The molecule has 4 heterocycles. The van der Waals surface area contributed by atoms with Crippen molar-refractivity contribution in [2.45, 2.75) is 105 Å². The fourth-order valence-corrected chi connectivity index (χ4v) is 8.99. The van der Waals surface area contributed by atoms with Gasteiger partial charge in [-0.1, -0.05) is 18.2 Å². The summed E-state index contributed by atoms with van der Waals surface area (Å²) in [7, 11) is 1.31. The minimum absolute atomic E-state index is 0.0518. The average Bonchev–Trinajstić information content (AvgIpc) is 1.95. The molecule has 458 valence electrons. The maximum Gasteiger partial charge on any atom is 0.330 e. The van der Waals surface area contributed by atoms with Crippen LogP contribution >= 0.6 is 0 Å². The molecule has 16 unspecified atom stereocenters. The number of phenolic OH excluding ortho intramolecular Hbond substituents is 6. The number of aromatic hydroxyl groups is 7. The van der Waals surface area contributed by atoms with Crippen molar-refractivity contribution >= 4 is 42.1 Å². The first-order chi connectivity index (χ1) is 40.4. The molecule has 0 amide bonds. The number of rotatable bonds is 20. The number of carbonyl (C=O) groups is 4. The zero-order valence-electron chi connectivity index (χ0n) is 44.2. The molecule has 3 saturated heterocycles. The number of methoxy groups -OCH3 is 1. The number of carboxylic acids is 1. The van der Waals surface area contributed by atoms with E-state index in [-0.39, 0.29) is 34.1 Å². The Morgan fingerprint density at radius 2 is 1.09 bits per heavy atom. The van der Waals surface area contributed by atoms with Crippen LogP contribution < -0.4 is 9.47 Å². The lowest BCUT2D eigenvalue weighted by Crippen LogP contribution is -2.64. The number of aliphatic hydroxyl groups is 9. The summed E-state index contributed by atoms with van der Waals surface area (Å²) in [4.78, 5) is 48.9. The van der Waals surface area contributed by atoms with Gasteiger partial charge in [0, 0.05) is 24.3 Å². The summed E-state index contributed by atoms with van der Waals surface area (Å²) in [5, 5.41) is 161. The van der Waals surface area contributed by atoms with Crippen LogP contribution in [-0.2, 0) is 57.1 Å². The van der Waals surface area contributed by atoms with Gasteiger partial charge in [-0.05, 0) is 59.7 Å². The molecule has 0 aromatic heterocycles. The van der Waals surface area contributed by atoms with Crippen LogP contribution in [0.3, 0.4) is 0 Å². The minimum Gasteiger partial charge on any atom is -0.571 e. The first-order valence-corrected chi connectivity index (χ1v) is 25.6. The molecule has 0 spiro atoms. The zero-order valence-corrected chi connectivity index (χ0v) is 44.2. The van der Waals surface area contributed by atoms with Crippen LogP contribution in [0.4, 0.5) is 0 Å². The van der Waals surface area contributed by atoms with Gasteiger partial charge in [-0.3, -0.25) is 9.59 Å². The van der Waals surface area contributed by atoms with E-state index in [2.05, 4.69) is 4.74 Å². The molecule has 4 aliphatic heterocycles. The van der Waals surface area contributed by atoms with Gasteiger partial charge < -0.3 is 129 Å². The van der Waals surface area contributed by atoms with E-state index >= 15 is 0 Å². The third-order valence-electron chi connectivity index (χ3n) is 13.5. The summed E-state index contributed by atoms with van der Waals surface area (Å²) in [6, 6.07) is 13.7. The molecule has 16 N–H and O–H groups in total. The zero-order chi connectivity index (χ0) is 61.6. The van der Waals surface area contributed by atoms with Crippen LogP contribution in [0.5, 0.6) is 51.7 Å². The first-order valence-electron chi connectivity index (χ1n) is 25.6. The molecule has 3 fully saturated rings. The molecule has 16 atom stereocenters. The van der Waals surface area contributed by atoms with Crippen molar-refractivity contribution in [1.82, 2.24) is 0 Å². The maximum atomic E-state index is 13.0. The highest BCUT2D eigenvalue weighted by Gasteiger charge is 2.53. The van der Waals surface area contributed by atoms with Gasteiger partial charge in [0.2, 0.25) is 12.6 Å². The van der Waals surface area contributed by atoms with Gasteiger partial charge in [-0.25, -0.2) is 9.59 Å². The van der Waals surface area contributed by atoms with Gasteiger partial charge in [0.25, 0.3) is 11.9 Å². The summed E-state index contributed by atoms with van der Waals surface area (Å²) >= 11 is 0. The summed E-state index contributed by atoms with van der Waals surface area (Å²) in [6.45, 7) is -2.50. The Labute approximate surface area is 479 Å². The largest absolute Gasteiger partial charge is 0.571 e. The molecular weight excluding hydrogens is 1140 g/mol. The second-order valence-electron chi connectivity index (χ2n) is 19.5. The SMILES string of the molecule is COc1cc(C=CC(=O)OCC2OC(OC3C(OC4=Cc5c(OC6OC(COC(=O)CC(=O)O)C(O)C(O)C6O)cc(O)cc5[OH+]C4c4cc(O)c(O)c(O)c4)OC(COC(=O)C=Cc4ccc(O)cc4)C(O)C3O)C(O)C(O)C2O)ccc1O. The summed E-state index contributed by atoms with van der Waals surface area (Å²) in [5.74, 6) is -9.38. The third-order valence-corrected chi connectivity index (χ3v) is 13.5. The second kappa shape index (κ2) is 27.0. The Kier molecular flexibility index (Phi) is 19.9. The lowest BCUT2D eigenvalue weighted by Gasteiger charge is -2.46. The van der Waals surface area contributed by atoms with Crippen LogP contribution in [-0.4, -0.2) is 224 Å². The molecule has 0 saturated carbocycles. The van der Waals surface area contributed by atoms with Gasteiger partial charge in [-0.2, -0.15) is 0 Å². The minimum atomic E-state index is -2.22. The average molecular weight is 1200 g/mol. The third kappa shape index (κ3) is 14.9. The van der Waals surface area contributed by atoms with Gasteiger partial charge >= 0.3 is 23.9 Å². The molecule has 0 aliphatic carbocycles. The van der Waals surface area contributed by atoms with E-state index in [0.717, 1.165) is 42.5 Å². The van der Waals surface area contributed by atoms with Crippen molar-refractivity contribution in [1.29, 1.82) is 0 Å². The fraction of sp³-hybridized carbons (Fsp3) is 0.382. The predicted molar refractivity (Wildman–Crippen MR) is 279 cm³/mol. The lowest BCUT2D eigenvalue weighted by molar-refractivity contribution is -0.364. The van der Waals surface area contributed by atoms with Crippen molar-refractivity contribution in [3.05, 3.63) is 107 Å². The molecule has 0 bridgehead atoms. The Morgan fingerprint density at radius 3 is 1.69 bits per heavy atom. The van der Waals surface area contributed by atoms with E-state index in [1.54, 1.807) is 0 Å². The van der Waals surface area contributed by atoms with E-state index < -0.39 is 183 Å². The summed E-state index contributed by atoms with van der Waals surface area (Å²) < 4.78 is 61.2. The number of aliphatic hydroxyl groups excluding tert-OH is 8. The molecule has 4 aliphatic rings. The van der Waals surface area contributed by atoms with Gasteiger partial charge in [0.1, 0.15) is 116 Å². The number of phenols is 6. The van der Waals surface area contributed by atoms with Crippen LogP contribution in [0.1, 0.15) is 34.8 Å². The molecule has 0 radical (unpaired) electrons. The molecule has 4 aromatic rings. The number of hydrogen-bond donors (Lipinski definition) is 15. The molecule has 85 heavy (non-hydrogen) atoms. The Hall–Kier alpha value is -8.50. The fourth-order valence-electron chi connectivity index (χ4n) is 8.99. The van der Waals surface area contributed by atoms with E-state index in [0.29, 0.717) is 11.1 Å². The summed E-state index contributed by atoms with van der Waals surface area (Å²) in [6.07, 6.45) is -27.1. The second-order valence-corrected chi connectivity index (χ2v) is 19.5. The highest BCUT2D eigenvalue weighted by molar-refractivity contribution is 5.90. The standard InChI is InChI=1S/C55H58O30/c1-75-33-12-23(4-9-28(33)58)6-11-40(64)76-19-35-43(67)47(71)50(74)54(83-35)85-52-48(72)45(69)37(20-77-39(63)10-5-22-2-7-25(56)8-3-22)84-55(52)81-34-17-27-31(79-51(34)24-13-29(59)42(66)30(60)14-24)15-26(57)16-32(27)80-53-49(73)46(70)44(68)36(82-53)21-78-41(65)18-38(61)62/h2-17,35-37,43-60,66-74H,18-21H2,1H3,(H,61,62)/p+1. The molecule has 30 nitrogen and oxygen atoms in total. The van der Waals surface area contributed by atoms with E-state index in [1.165, 1.54) is 61.7 Å². The number of esters is 3. The number of benzene rings is 4. The maximum absolute atomic E-state index is 13.0. The van der Waals surface area contributed by atoms with Crippen molar-refractivity contribution in [2.24, 2.45) is 0 Å². The normalized spacial score (nSPS) is 29.2. The van der Waals surface area contributed by atoms with E-state index in [1.807, 2.05) is 0 Å². The monoisotopic (exact) mass is 1200 g/mol. The van der Waals surface area contributed by atoms with Crippen molar-refractivity contribution in [3.8, 4) is 51.7 Å². The predicted octanol–water partition coefficient (Wildman–Crippen LogP) is -1.36. The van der Waals surface area contributed by atoms with Crippen LogP contribution in [0.2, 0.25) is 0 Å². The molecule has 30 heteroatoms. The van der Waals surface area contributed by atoms with Crippen LogP contribution in [0.25, 0.3) is 18.2 Å². The molecule has 8 rings (SSSR count). The number of fused-ring (bicyclic) bond motifs is 1. The number of carboxylic acid groups (broad SMARTS) is 1. The topological polar surface area (TPSA) is 477 Å². The Bertz CT molecular complexity index is 3120. The van der Waals surface area contributed by atoms with Gasteiger partial charge in [0.05, 0.1) is 18.7 Å². The number of ether oxygens (including phenoxy) is 11. The molecule has 4 aromatic carbocycles. The Balaban J connectivity index is 1.12. The van der Waals surface area contributed by atoms with Crippen molar-refractivity contribution in [2.75, 3.05) is 26.9 Å². The van der Waals surface area contributed by atoms with Crippen molar-refractivity contribution < 1.29 is 148 Å². The Morgan fingerprint density at radius 1 is 0.553 bits per heavy atom. The first kappa shape index (κ1) is 62.5. The van der Waals surface area contributed by atoms with Crippen molar-refractivity contribution in [3.63, 3.8) is 0 Å². The van der Waals surface area contributed by atoms with Crippen LogP contribution in [0, 0.1) is 0 Å². The number of aliphatic carboxylic acids is 1. The number of hydrogen-bond acceptors (Lipinski definition) is 28. The highest BCUT2D eigenvalue weighted by atomic mass is 16.8.